The van der Waals surface area contributed by atoms with Crippen molar-refractivity contribution >= 4 is 23.2 Å². The number of nitrogens with zero attached hydrogens (tertiary/aromatic N) is 4. The lowest BCUT2D eigenvalue weighted by Crippen LogP contribution is -2.46. The Hall–Kier alpha value is -3.33. The van der Waals surface area contributed by atoms with E-state index >= 15 is 0 Å². The number of ether oxygens (including phenoxy) is 1. The van der Waals surface area contributed by atoms with Crippen LogP contribution < -0.4 is 10.1 Å². The van der Waals surface area contributed by atoms with Crippen LogP contribution in [-0.2, 0) is 16.1 Å². The van der Waals surface area contributed by atoms with Gasteiger partial charge in [0, 0.05) is 42.1 Å². The molecule has 0 saturated carbocycles. The van der Waals surface area contributed by atoms with Crippen molar-refractivity contribution in [3.05, 3.63) is 58.9 Å². The third-order valence-corrected chi connectivity index (χ3v) is 6.16. The Labute approximate surface area is 190 Å². The first-order chi connectivity index (χ1) is 15.6. The number of hydrogen-bond donors (Lipinski definition) is 1. The fraction of sp³-hybridized carbons (Fsp3) is 0.348. The van der Waals surface area contributed by atoms with Crippen LogP contribution in [0.25, 0.3) is 11.3 Å². The van der Waals surface area contributed by atoms with E-state index in [1.165, 1.54) is 11.3 Å². The summed E-state index contributed by atoms with van der Waals surface area (Å²) in [5.41, 5.74) is 2.77. The highest BCUT2D eigenvalue weighted by atomic mass is 32.1. The molecule has 1 aliphatic heterocycles. The Bertz CT molecular complexity index is 1060. The molecule has 8 nitrogen and oxygen atoms in total. The minimum atomic E-state index is -0.230. The van der Waals surface area contributed by atoms with E-state index in [1.807, 2.05) is 24.4 Å². The van der Waals surface area contributed by atoms with Gasteiger partial charge in [-0.1, -0.05) is 0 Å². The molecule has 1 aliphatic rings. The molecule has 166 valence electrons. The number of carbonyl (C=O) groups excluding carboxylic acids is 2. The number of amides is 2. The zero-order valence-electron chi connectivity index (χ0n) is 17.9. The predicted octanol–water partition coefficient (Wildman–Crippen LogP) is 2.84. The van der Waals surface area contributed by atoms with Crippen LogP contribution in [0.3, 0.4) is 0 Å². The summed E-state index contributed by atoms with van der Waals surface area (Å²) in [6, 6.07) is 7.45. The standard InChI is InChI=1S/C23H25N5O3S/c1-16-6-7-17(10-25-16)20-15-32-21(27-20)12-26-23(30)18-4-3-9-28(13-18)22(29)14-31-19-5-2-8-24-11-19/h2,5-8,10-11,15,18H,3-4,9,12-14H2,1H3,(H,26,30)/t18-/m0/s1. The van der Waals surface area contributed by atoms with Crippen LogP contribution in [0.2, 0.25) is 0 Å². The van der Waals surface area contributed by atoms with Gasteiger partial charge in [0.1, 0.15) is 10.8 Å². The smallest absolute Gasteiger partial charge is 0.260 e. The molecule has 1 atom stereocenters. The second-order valence-electron chi connectivity index (χ2n) is 7.69. The molecule has 4 heterocycles. The molecule has 1 fully saturated rings. The van der Waals surface area contributed by atoms with E-state index in [-0.39, 0.29) is 24.3 Å². The van der Waals surface area contributed by atoms with Gasteiger partial charge < -0.3 is 15.0 Å². The van der Waals surface area contributed by atoms with Gasteiger partial charge in [0.15, 0.2) is 6.61 Å². The second kappa shape index (κ2) is 10.3. The molecule has 32 heavy (non-hydrogen) atoms. The van der Waals surface area contributed by atoms with Crippen molar-refractivity contribution in [2.75, 3.05) is 19.7 Å². The number of aryl methyl sites for hydroxylation is 1. The molecule has 0 aliphatic carbocycles. The average molecular weight is 452 g/mol. The Morgan fingerprint density at radius 3 is 2.97 bits per heavy atom. The first-order valence-corrected chi connectivity index (χ1v) is 11.4. The summed E-state index contributed by atoms with van der Waals surface area (Å²) in [5, 5.41) is 5.78. The van der Waals surface area contributed by atoms with Crippen LogP contribution in [0.4, 0.5) is 0 Å². The monoisotopic (exact) mass is 451 g/mol. The van der Waals surface area contributed by atoms with Gasteiger partial charge >= 0.3 is 0 Å². The van der Waals surface area contributed by atoms with E-state index < -0.39 is 0 Å². The maximum atomic E-state index is 12.7. The van der Waals surface area contributed by atoms with Crippen molar-refractivity contribution in [3.63, 3.8) is 0 Å². The fourth-order valence-electron chi connectivity index (χ4n) is 3.54. The van der Waals surface area contributed by atoms with Crippen LogP contribution in [0.15, 0.2) is 48.2 Å². The lowest BCUT2D eigenvalue weighted by atomic mass is 9.97. The van der Waals surface area contributed by atoms with Crippen molar-refractivity contribution < 1.29 is 14.3 Å². The Morgan fingerprint density at radius 2 is 2.19 bits per heavy atom. The van der Waals surface area contributed by atoms with Gasteiger partial charge in [-0.05, 0) is 44.0 Å². The summed E-state index contributed by atoms with van der Waals surface area (Å²) < 4.78 is 5.50. The van der Waals surface area contributed by atoms with E-state index in [2.05, 4.69) is 20.3 Å². The first kappa shape index (κ1) is 21.9. The van der Waals surface area contributed by atoms with Crippen LogP contribution in [-0.4, -0.2) is 51.4 Å². The number of aromatic nitrogens is 3. The van der Waals surface area contributed by atoms with Crippen LogP contribution >= 0.6 is 11.3 Å². The molecule has 0 radical (unpaired) electrons. The van der Waals surface area contributed by atoms with Crippen LogP contribution in [0, 0.1) is 12.8 Å². The molecule has 1 saturated heterocycles. The van der Waals surface area contributed by atoms with Gasteiger partial charge in [-0.15, -0.1) is 11.3 Å². The van der Waals surface area contributed by atoms with Crippen LogP contribution in [0.1, 0.15) is 23.5 Å². The van der Waals surface area contributed by atoms with Gasteiger partial charge in [0.2, 0.25) is 5.91 Å². The zero-order valence-corrected chi connectivity index (χ0v) is 18.7. The lowest BCUT2D eigenvalue weighted by molar-refractivity contribution is -0.137. The van der Waals surface area contributed by atoms with Crippen molar-refractivity contribution in [3.8, 4) is 17.0 Å². The number of thiazole rings is 1. The summed E-state index contributed by atoms with van der Waals surface area (Å²) in [6.07, 6.45) is 6.57. The highest BCUT2D eigenvalue weighted by Crippen LogP contribution is 2.22. The van der Waals surface area contributed by atoms with E-state index in [1.54, 1.807) is 35.6 Å². The minimum absolute atomic E-state index is 0.0515. The SMILES string of the molecule is Cc1ccc(-c2csc(CNC(=O)[C@H]3CCCN(C(=O)COc4cccnc4)C3)n2)cn1. The van der Waals surface area contributed by atoms with E-state index in [4.69, 9.17) is 4.74 Å². The normalized spacial score (nSPS) is 15.9. The second-order valence-corrected chi connectivity index (χ2v) is 8.63. The van der Waals surface area contributed by atoms with Gasteiger partial charge in [-0.25, -0.2) is 4.98 Å². The van der Waals surface area contributed by atoms with E-state index in [0.717, 1.165) is 34.8 Å². The third kappa shape index (κ3) is 5.67. The number of pyridine rings is 2. The lowest BCUT2D eigenvalue weighted by Gasteiger charge is -2.32. The Morgan fingerprint density at radius 1 is 1.28 bits per heavy atom. The van der Waals surface area contributed by atoms with Gasteiger partial charge in [0.25, 0.3) is 5.91 Å². The van der Waals surface area contributed by atoms with Crippen molar-refractivity contribution in [2.45, 2.75) is 26.3 Å². The van der Waals surface area contributed by atoms with Crippen molar-refractivity contribution in [1.29, 1.82) is 0 Å². The molecule has 0 bridgehead atoms. The molecule has 0 aromatic carbocycles. The summed E-state index contributed by atoms with van der Waals surface area (Å²) in [6.45, 7) is 3.30. The molecule has 0 spiro atoms. The van der Waals surface area contributed by atoms with Gasteiger partial charge in [0.05, 0.1) is 24.4 Å². The van der Waals surface area contributed by atoms with Crippen molar-refractivity contribution in [1.82, 2.24) is 25.2 Å². The molecule has 3 aromatic heterocycles. The van der Waals surface area contributed by atoms with Gasteiger partial charge in [-0.3, -0.25) is 19.6 Å². The molecule has 1 N–H and O–H groups in total. The average Bonchev–Trinajstić information content (AvgIpc) is 3.31. The predicted molar refractivity (Wildman–Crippen MR) is 121 cm³/mol. The summed E-state index contributed by atoms with van der Waals surface area (Å²) in [5.74, 6) is 0.148. The molecular formula is C23H25N5O3S. The minimum Gasteiger partial charge on any atom is -0.482 e. The first-order valence-electron chi connectivity index (χ1n) is 10.5. The number of rotatable bonds is 7. The number of hydrogen-bond acceptors (Lipinski definition) is 7. The molecule has 0 unspecified atom stereocenters. The largest absolute Gasteiger partial charge is 0.482 e. The molecule has 9 heteroatoms. The van der Waals surface area contributed by atoms with E-state index in [9.17, 15) is 9.59 Å². The number of nitrogens with one attached hydrogen (secondary N) is 1. The highest BCUT2D eigenvalue weighted by Gasteiger charge is 2.28. The summed E-state index contributed by atoms with van der Waals surface area (Å²) in [7, 11) is 0. The van der Waals surface area contributed by atoms with Gasteiger partial charge in [-0.2, -0.15) is 0 Å². The number of piperidine rings is 1. The Balaban J connectivity index is 1.26. The molecule has 3 aromatic rings. The highest BCUT2D eigenvalue weighted by molar-refractivity contribution is 7.09. The number of carbonyl (C=O) groups is 2. The third-order valence-electron chi connectivity index (χ3n) is 5.31. The molecule has 4 rings (SSSR count). The molecular weight excluding hydrogens is 426 g/mol. The fourth-order valence-corrected chi connectivity index (χ4v) is 4.28. The maximum Gasteiger partial charge on any atom is 0.260 e. The van der Waals surface area contributed by atoms with Crippen molar-refractivity contribution in [2.24, 2.45) is 5.92 Å². The number of likely N-dealkylation sites (tertiary alicyclic amines) is 1. The molecule has 2 amide bonds. The maximum absolute atomic E-state index is 12.7. The quantitative estimate of drug-likeness (QED) is 0.593. The Kier molecular flexibility index (Phi) is 7.06. The zero-order chi connectivity index (χ0) is 22.3. The van der Waals surface area contributed by atoms with Crippen LogP contribution in [0.5, 0.6) is 5.75 Å². The summed E-state index contributed by atoms with van der Waals surface area (Å²) in [4.78, 5) is 39.8. The summed E-state index contributed by atoms with van der Waals surface area (Å²) >= 11 is 1.51. The topological polar surface area (TPSA) is 97.3 Å². The van der Waals surface area contributed by atoms with E-state index in [0.29, 0.717) is 25.4 Å².